The lowest BCUT2D eigenvalue weighted by molar-refractivity contribution is 0.0600. The molecule has 39 heavy (non-hydrogen) atoms. The summed E-state index contributed by atoms with van der Waals surface area (Å²) in [5.74, 6) is -0.133. The van der Waals surface area contributed by atoms with Gasteiger partial charge in [-0.05, 0) is 60.3 Å². The number of nitrogens with zero attached hydrogens (tertiary/aromatic N) is 1. The molecule has 2 heterocycles. The molecule has 6 heteroatoms. The lowest BCUT2D eigenvalue weighted by Crippen LogP contribution is -2.26. The molecule has 1 aliphatic rings. The van der Waals surface area contributed by atoms with Crippen LogP contribution >= 0.6 is 11.3 Å². The number of nitrogens with one attached hydrogen (secondary N) is 1. The molecule has 0 spiro atoms. The number of fused-ring (bicyclic) bond motifs is 2. The summed E-state index contributed by atoms with van der Waals surface area (Å²) < 4.78 is 5.16. The van der Waals surface area contributed by atoms with Crippen molar-refractivity contribution in [3.63, 3.8) is 0 Å². The number of anilines is 1. The molecule has 4 aromatic rings. The van der Waals surface area contributed by atoms with Gasteiger partial charge in [0.25, 0.3) is 5.91 Å². The molecule has 1 amide bonds. The first-order valence-corrected chi connectivity index (χ1v) is 14.5. The second-order valence-electron chi connectivity index (χ2n) is 11.5. The van der Waals surface area contributed by atoms with Gasteiger partial charge in [-0.2, -0.15) is 0 Å². The average Bonchev–Trinajstić information content (AvgIpc) is 3.29. The lowest BCUT2D eigenvalue weighted by Gasteiger charge is -2.33. The second kappa shape index (κ2) is 10.9. The SMILES string of the molecule is CCCc1ccc(-c2cc(C(=O)Nc3sc4c(c3C(=O)OC)CC[C@H](C(C)(C)C)C4)c3ccccc3n2)cc1. The number of benzene rings is 2. The maximum absolute atomic E-state index is 13.9. The normalized spacial score (nSPS) is 15.2. The third-order valence-electron chi connectivity index (χ3n) is 7.86. The summed E-state index contributed by atoms with van der Waals surface area (Å²) in [5.41, 5.74) is 5.98. The molecule has 1 atom stereocenters. The predicted octanol–water partition coefficient (Wildman–Crippen LogP) is 8.11. The zero-order valence-corrected chi connectivity index (χ0v) is 24.2. The monoisotopic (exact) mass is 540 g/mol. The fourth-order valence-electron chi connectivity index (χ4n) is 5.54. The van der Waals surface area contributed by atoms with Crippen LogP contribution in [0.2, 0.25) is 0 Å². The molecular formula is C33H36N2O3S. The summed E-state index contributed by atoms with van der Waals surface area (Å²) in [6.07, 6.45) is 4.85. The molecule has 0 unspecified atom stereocenters. The van der Waals surface area contributed by atoms with Crippen LogP contribution in [0.25, 0.3) is 22.2 Å². The van der Waals surface area contributed by atoms with Gasteiger partial charge >= 0.3 is 5.97 Å². The number of rotatable bonds is 6. The molecule has 2 aromatic carbocycles. The van der Waals surface area contributed by atoms with Crippen molar-refractivity contribution in [1.29, 1.82) is 0 Å². The number of ether oxygens (including phenoxy) is 1. The smallest absolute Gasteiger partial charge is 0.341 e. The molecular weight excluding hydrogens is 504 g/mol. The van der Waals surface area contributed by atoms with Gasteiger partial charge in [0.15, 0.2) is 0 Å². The first kappa shape index (κ1) is 27.1. The van der Waals surface area contributed by atoms with E-state index in [0.29, 0.717) is 22.0 Å². The van der Waals surface area contributed by atoms with Crippen LogP contribution in [0, 0.1) is 11.3 Å². The quantitative estimate of drug-likeness (QED) is 0.251. The van der Waals surface area contributed by atoms with E-state index in [9.17, 15) is 9.59 Å². The fourth-order valence-corrected chi connectivity index (χ4v) is 6.85. The van der Waals surface area contributed by atoms with Gasteiger partial charge in [-0.25, -0.2) is 9.78 Å². The molecule has 1 N–H and O–H groups in total. The Hall–Kier alpha value is -3.51. The summed E-state index contributed by atoms with van der Waals surface area (Å²) in [7, 11) is 1.40. The Morgan fingerprint density at radius 3 is 2.54 bits per heavy atom. The van der Waals surface area contributed by atoms with E-state index in [1.807, 2.05) is 30.3 Å². The summed E-state index contributed by atoms with van der Waals surface area (Å²) in [4.78, 5) is 32.8. The van der Waals surface area contributed by atoms with Crippen molar-refractivity contribution < 1.29 is 14.3 Å². The highest BCUT2D eigenvalue weighted by Crippen LogP contribution is 2.44. The van der Waals surface area contributed by atoms with Gasteiger partial charge in [-0.15, -0.1) is 11.3 Å². The van der Waals surface area contributed by atoms with E-state index in [1.165, 1.54) is 28.9 Å². The topological polar surface area (TPSA) is 68.3 Å². The molecule has 0 radical (unpaired) electrons. The fraction of sp³-hybridized carbons (Fsp3) is 0.364. The summed E-state index contributed by atoms with van der Waals surface area (Å²) in [6, 6.07) is 17.9. The number of amides is 1. The third kappa shape index (κ3) is 5.48. The minimum Gasteiger partial charge on any atom is -0.465 e. The van der Waals surface area contributed by atoms with E-state index < -0.39 is 5.97 Å². The van der Waals surface area contributed by atoms with Crippen molar-refractivity contribution in [3.05, 3.63) is 81.7 Å². The van der Waals surface area contributed by atoms with Gasteiger partial charge in [0.2, 0.25) is 0 Å². The first-order chi connectivity index (χ1) is 18.7. The zero-order chi connectivity index (χ0) is 27.7. The molecule has 2 aromatic heterocycles. The van der Waals surface area contributed by atoms with Crippen LogP contribution in [-0.2, 0) is 24.0 Å². The Morgan fingerprint density at radius 2 is 1.85 bits per heavy atom. The van der Waals surface area contributed by atoms with Crippen LogP contribution in [0.15, 0.2) is 54.6 Å². The number of hydrogen-bond acceptors (Lipinski definition) is 5. The average molecular weight is 541 g/mol. The number of pyridine rings is 1. The largest absolute Gasteiger partial charge is 0.465 e. The Morgan fingerprint density at radius 1 is 1.10 bits per heavy atom. The van der Waals surface area contributed by atoms with Crippen molar-refractivity contribution in [1.82, 2.24) is 4.98 Å². The molecule has 0 fully saturated rings. The van der Waals surface area contributed by atoms with E-state index in [-0.39, 0.29) is 11.3 Å². The third-order valence-corrected chi connectivity index (χ3v) is 9.03. The lowest BCUT2D eigenvalue weighted by atomic mass is 9.72. The number of carbonyl (C=O) groups is 2. The van der Waals surface area contributed by atoms with Gasteiger partial charge in [0.1, 0.15) is 5.00 Å². The number of esters is 1. The molecule has 0 saturated carbocycles. The van der Waals surface area contributed by atoms with Crippen LogP contribution in [0.5, 0.6) is 0 Å². The van der Waals surface area contributed by atoms with Crippen LogP contribution < -0.4 is 5.32 Å². The number of aromatic nitrogens is 1. The number of aryl methyl sites for hydroxylation is 1. The van der Waals surface area contributed by atoms with Crippen LogP contribution in [-0.4, -0.2) is 24.0 Å². The molecule has 1 aliphatic carbocycles. The van der Waals surface area contributed by atoms with Crippen LogP contribution in [0.3, 0.4) is 0 Å². The molecule has 0 bridgehead atoms. The van der Waals surface area contributed by atoms with Crippen molar-refractivity contribution in [2.45, 2.75) is 59.8 Å². The Bertz CT molecular complexity index is 1530. The van der Waals surface area contributed by atoms with Gasteiger partial charge in [-0.1, -0.05) is 76.6 Å². The van der Waals surface area contributed by atoms with Crippen molar-refractivity contribution in [3.8, 4) is 11.3 Å². The molecule has 0 aliphatic heterocycles. The van der Waals surface area contributed by atoms with Crippen molar-refractivity contribution >= 4 is 39.1 Å². The van der Waals surface area contributed by atoms with Gasteiger partial charge in [0.05, 0.1) is 29.4 Å². The van der Waals surface area contributed by atoms with E-state index in [1.54, 1.807) is 0 Å². The van der Waals surface area contributed by atoms with E-state index >= 15 is 0 Å². The highest BCUT2D eigenvalue weighted by molar-refractivity contribution is 7.17. The van der Waals surface area contributed by atoms with E-state index in [0.717, 1.165) is 59.8 Å². The highest BCUT2D eigenvalue weighted by atomic mass is 32.1. The van der Waals surface area contributed by atoms with Gasteiger partial charge in [-0.3, -0.25) is 4.79 Å². The maximum Gasteiger partial charge on any atom is 0.341 e. The predicted molar refractivity (Wildman–Crippen MR) is 160 cm³/mol. The standard InChI is InChI=1S/C33H36N2O3S/c1-6-9-20-12-14-21(15-13-20)27-19-25(23-10-7-8-11-26(23)34-27)30(36)35-31-29(32(37)38-5)24-17-16-22(33(2,3)4)18-28(24)39-31/h7-8,10-15,19,22H,6,9,16-18H2,1-5H3,(H,35,36)/t22-/m0/s1. The van der Waals surface area contributed by atoms with Crippen LogP contribution in [0.4, 0.5) is 5.00 Å². The summed E-state index contributed by atoms with van der Waals surface area (Å²) in [6.45, 7) is 8.97. The minimum atomic E-state index is -0.399. The molecule has 5 nitrogen and oxygen atoms in total. The molecule has 202 valence electrons. The number of para-hydroxylation sites is 1. The number of carbonyl (C=O) groups excluding carboxylic acids is 2. The second-order valence-corrected chi connectivity index (χ2v) is 12.6. The number of thiophene rings is 1. The Balaban J connectivity index is 1.53. The number of hydrogen-bond donors (Lipinski definition) is 1. The first-order valence-electron chi connectivity index (χ1n) is 13.7. The zero-order valence-electron chi connectivity index (χ0n) is 23.4. The van der Waals surface area contributed by atoms with Crippen LogP contribution in [0.1, 0.15) is 77.3 Å². The number of methoxy groups -OCH3 is 1. The van der Waals surface area contributed by atoms with Crippen molar-refractivity contribution in [2.75, 3.05) is 12.4 Å². The highest BCUT2D eigenvalue weighted by Gasteiger charge is 2.34. The Labute approximate surface area is 234 Å². The van der Waals surface area contributed by atoms with Gasteiger partial charge < -0.3 is 10.1 Å². The molecule has 5 rings (SSSR count). The summed E-state index contributed by atoms with van der Waals surface area (Å²) >= 11 is 1.51. The Kier molecular flexibility index (Phi) is 7.59. The summed E-state index contributed by atoms with van der Waals surface area (Å²) in [5, 5.41) is 4.44. The van der Waals surface area contributed by atoms with Gasteiger partial charge in [0, 0.05) is 15.8 Å². The molecule has 0 saturated heterocycles. The van der Waals surface area contributed by atoms with Crippen molar-refractivity contribution in [2.24, 2.45) is 11.3 Å². The van der Waals surface area contributed by atoms with E-state index in [2.05, 4.69) is 57.3 Å². The maximum atomic E-state index is 13.9. The van der Waals surface area contributed by atoms with E-state index in [4.69, 9.17) is 9.72 Å². The minimum absolute atomic E-state index is 0.178.